The third-order valence-corrected chi connectivity index (χ3v) is 6.74. The van der Waals surface area contributed by atoms with Crippen LogP contribution in [0.1, 0.15) is 23.2 Å². The number of carbonyl (C=O) groups is 1. The number of sulfonamides is 1. The topological polar surface area (TPSA) is 87.7 Å². The quantitative estimate of drug-likeness (QED) is 0.558. The van der Waals surface area contributed by atoms with E-state index in [0.717, 1.165) is 25.9 Å². The first-order valence-electron chi connectivity index (χ1n) is 10.4. The van der Waals surface area contributed by atoms with Gasteiger partial charge in [0, 0.05) is 30.0 Å². The fourth-order valence-corrected chi connectivity index (χ4v) is 5.00. The van der Waals surface area contributed by atoms with Crippen LogP contribution in [0.4, 0.5) is 17.1 Å². The molecule has 1 aliphatic rings. The first kappa shape index (κ1) is 21.7. The van der Waals surface area contributed by atoms with Crippen molar-refractivity contribution >= 4 is 33.0 Å². The van der Waals surface area contributed by atoms with Crippen molar-refractivity contribution in [2.24, 2.45) is 0 Å². The summed E-state index contributed by atoms with van der Waals surface area (Å²) in [7, 11) is -2.36. The second-order valence-electron chi connectivity index (χ2n) is 7.53. The molecule has 1 fully saturated rings. The van der Waals surface area contributed by atoms with Gasteiger partial charge in [0.1, 0.15) is 10.6 Å². The number of nitrogens with zero attached hydrogens (tertiary/aromatic N) is 1. The van der Waals surface area contributed by atoms with Crippen molar-refractivity contribution < 1.29 is 17.9 Å². The Morgan fingerprint density at radius 2 is 1.56 bits per heavy atom. The monoisotopic (exact) mass is 451 g/mol. The van der Waals surface area contributed by atoms with Crippen molar-refractivity contribution in [2.75, 3.05) is 35.1 Å². The molecule has 0 radical (unpaired) electrons. The molecule has 0 aliphatic carbocycles. The molecule has 1 heterocycles. The number of methoxy groups -OCH3 is 1. The molecule has 0 saturated carbocycles. The van der Waals surface area contributed by atoms with Crippen LogP contribution in [-0.4, -0.2) is 34.5 Å². The van der Waals surface area contributed by atoms with Gasteiger partial charge in [-0.15, -0.1) is 0 Å². The highest BCUT2D eigenvalue weighted by Gasteiger charge is 2.25. The van der Waals surface area contributed by atoms with Gasteiger partial charge in [0.25, 0.3) is 15.9 Å². The van der Waals surface area contributed by atoms with Crippen LogP contribution < -0.4 is 19.7 Å². The Hall–Kier alpha value is -3.52. The van der Waals surface area contributed by atoms with E-state index >= 15 is 0 Å². The molecular weight excluding hydrogens is 426 g/mol. The van der Waals surface area contributed by atoms with Crippen molar-refractivity contribution in [1.82, 2.24) is 0 Å². The number of benzene rings is 3. The number of anilines is 3. The molecule has 4 rings (SSSR count). The van der Waals surface area contributed by atoms with Gasteiger partial charge in [-0.1, -0.05) is 18.2 Å². The van der Waals surface area contributed by atoms with Crippen molar-refractivity contribution in [3.05, 3.63) is 78.4 Å². The van der Waals surface area contributed by atoms with E-state index in [9.17, 15) is 13.2 Å². The Kier molecular flexibility index (Phi) is 6.32. The van der Waals surface area contributed by atoms with Crippen LogP contribution in [0.15, 0.2) is 77.7 Å². The van der Waals surface area contributed by atoms with Gasteiger partial charge in [0.15, 0.2) is 0 Å². The molecule has 2 N–H and O–H groups in total. The molecule has 1 aliphatic heterocycles. The molecule has 0 spiro atoms. The molecule has 0 unspecified atom stereocenters. The molecule has 166 valence electrons. The van der Waals surface area contributed by atoms with Crippen LogP contribution in [0.25, 0.3) is 0 Å². The normalized spacial score (nSPS) is 13.6. The van der Waals surface area contributed by atoms with Crippen LogP contribution in [-0.2, 0) is 10.0 Å². The van der Waals surface area contributed by atoms with Gasteiger partial charge in [-0.3, -0.25) is 9.52 Å². The molecule has 0 bridgehead atoms. The zero-order valence-corrected chi connectivity index (χ0v) is 18.6. The average molecular weight is 452 g/mol. The summed E-state index contributed by atoms with van der Waals surface area (Å²) in [6.07, 6.45) is 2.02. The third-order valence-electron chi connectivity index (χ3n) is 5.33. The second-order valence-corrected chi connectivity index (χ2v) is 9.18. The lowest BCUT2D eigenvalue weighted by Gasteiger charge is -2.22. The zero-order chi connectivity index (χ0) is 22.6. The molecule has 0 aromatic heterocycles. The predicted molar refractivity (Wildman–Crippen MR) is 126 cm³/mol. The lowest BCUT2D eigenvalue weighted by molar-refractivity contribution is 0.102. The highest BCUT2D eigenvalue weighted by atomic mass is 32.2. The summed E-state index contributed by atoms with van der Waals surface area (Å²) in [5.41, 5.74) is 1.96. The van der Waals surface area contributed by atoms with E-state index in [1.807, 2.05) is 6.07 Å². The maximum atomic E-state index is 13.4. The Bertz CT molecular complexity index is 1190. The number of hydrogen-bond donors (Lipinski definition) is 2. The molecule has 1 amide bonds. The third kappa shape index (κ3) is 4.86. The summed E-state index contributed by atoms with van der Waals surface area (Å²) >= 11 is 0. The summed E-state index contributed by atoms with van der Waals surface area (Å²) in [5.74, 6) is 0.335. The number of nitrogens with one attached hydrogen (secondary N) is 2. The van der Waals surface area contributed by atoms with Gasteiger partial charge in [-0.2, -0.15) is 0 Å². The fourth-order valence-electron chi connectivity index (χ4n) is 3.69. The van der Waals surface area contributed by atoms with E-state index in [-0.39, 0.29) is 10.8 Å². The van der Waals surface area contributed by atoms with Crippen LogP contribution in [0.2, 0.25) is 0 Å². The molecule has 1 saturated heterocycles. The van der Waals surface area contributed by atoms with Crippen LogP contribution in [0.5, 0.6) is 5.75 Å². The molecule has 7 nitrogen and oxygen atoms in total. The fraction of sp³-hybridized carbons (Fsp3) is 0.208. The van der Waals surface area contributed by atoms with Gasteiger partial charge in [0.2, 0.25) is 0 Å². The van der Waals surface area contributed by atoms with E-state index in [0.29, 0.717) is 28.4 Å². The maximum absolute atomic E-state index is 13.4. The summed E-state index contributed by atoms with van der Waals surface area (Å²) in [6, 6.07) is 20.5. The number of carbonyl (C=O) groups excluding carboxylic acids is 1. The first-order valence-corrected chi connectivity index (χ1v) is 11.9. The van der Waals surface area contributed by atoms with Crippen LogP contribution in [0.3, 0.4) is 0 Å². The summed E-state index contributed by atoms with van der Waals surface area (Å²) < 4.78 is 34.5. The summed E-state index contributed by atoms with van der Waals surface area (Å²) in [5, 5.41) is 2.80. The van der Waals surface area contributed by atoms with Gasteiger partial charge in [0.05, 0.1) is 12.8 Å². The molecular formula is C24H25N3O4S. The van der Waals surface area contributed by atoms with Gasteiger partial charge < -0.3 is 15.0 Å². The maximum Gasteiger partial charge on any atom is 0.264 e. The number of rotatable bonds is 7. The lowest BCUT2D eigenvalue weighted by atomic mass is 10.2. The minimum atomic E-state index is -3.91. The van der Waals surface area contributed by atoms with Crippen molar-refractivity contribution in [3.63, 3.8) is 0 Å². The van der Waals surface area contributed by atoms with Crippen molar-refractivity contribution in [1.29, 1.82) is 0 Å². The number of ether oxygens (including phenoxy) is 1. The SMILES string of the molecule is COc1ccc(NS(=O)(=O)c2cc(NC(=O)c3ccccc3)ccc2N2CCCC2)cc1. The Balaban J connectivity index is 1.66. The molecule has 3 aromatic carbocycles. The van der Waals surface area contributed by atoms with Gasteiger partial charge >= 0.3 is 0 Å². The summed E-state index contributed by atoms with van der Waals surface area (Å²) in [6.45, 7) is 1.58. The van der Waals surface area contributed by atoms with Crippen molar-refractivity contribution in [2.45, 2.75) is 17.7 Å². The van der Waals surface area contributed by atoms with E-state index in [4.69, 9.17) is 4.74 Å². The molecule has 0 atom stereocenters. The number of amides is 1. The summed E-state index contributed by atoms with van der Waals surface area (Å²) in [4.78, 5) is 14.8. The van der Waals surface area contributed by atoms with E-state index < -0.39 is 10.0 Å². The Morgan fingerprint density at radius 3 is 2.22 bits per heavy atom. The average Bonchev–Trinajstić information content (AvgIpc) is 3.35. The van der Waals surface area contributed by atoms with Gasteiger partial charge in [-0.25, -0.2) is 8.42 Å². The number of hydrogen-bond acceptors (Lipinski definition) is 5. The zero-order valence-electron chi connectivity index (χ0n) is 17.7. The van der Waals surface area contributed by atoms with Gasteiger partial charge in [-0.05, 0) is 67.4 Å². The minimum absolute atomic E-state index is 0.126. The highest BCUT2D eigenvalue weighted by molar-refractivity contribution is 7.92. The highest BCUT2D eigenvalue weighted by Crippen LogP contribution is 2.32. The van der Waals surface area contributed by atoms with E-state index in [2.05, 4.69) is 14.9 Å². The van der Waals surface area contributed by atoms with E-state index in [1.54, 1.807) is 67.8 Å². The lowest BCUT2D eigenvalue weighted by Crippen LogP contribution is -2.23. The van der Waals surface area contributed by atoms with Crippen molar-refractivity contribution in [3.8, 4) is 5.75 Å². The Labute approximate surface area is 188 Å². The van der Waals surface area contributed by atoms with Crippen LogP contribution in [0, 0.1) is 0 Å². The molecule has 3 aromatic rings. The van der Waals surface area contributed by atoms with E-state index in [1.165, 1.54) is 6.07 Å². The first-order chi connectivity index (χ1) is 15.5. The molecule has 32 heavy (non-hydrogen) atoms. The molecule has 8 heteroatoms. The predicted octanol–water partition coefficient (Wildman–Crippen LogP) is 4.35. The largest absolute Gasteiger partial charge is 0.497 e. The van der Waals surface area contributed by atoms with Crippen LogP contribution >= 0.6 is 0 Å². The second kappa shape index (κ2) is 9.32. The Morgan fingerprint density at radius 1 is 0.906 bits per heavy atom. The minimum Gasteiger partial charge on any atom is -0.497 e. The standard InChI is InChI=1S/C24H25N3O4S/c1-31-21-12-9-19(10-13-21)26-32(29,30)23-17-20(11-14-22(23)27-15-5-6-16-27)25-24(28)18-7-3-2-4-8-18/h2-4,7-14,17,26H,5-6,15-16H2,1H3,(H,25,28). The smallest absolute Gasteiger partial charge is 0.264 e.